The number of carbonyl (C=O) groups is 1. The van der Waals surface area contributed by atoms with Gasteiger partial charge in [0.05, 0.1) is 5.70 Å². The fraction of sp³-hybridized carbons (Fsp3) is 0.182. The molecule has 0 saturated carbocycles. The van der Waals surface area contributed by atoms with Gasteiger partial charge in [-0.25, -0.2) is 0 Å². The highest BCUT2D eigenvalue weighted by Crippen LogP contribution is 2.02. The Labute approximate surface area is 93.9 Å². The zero-order valence-corrected chi connectivity index (χ0v) is 9.00. The zero-order chi connectivity index (χ0) is 11.1. The Morgan fingerprint density at radius 3 is 2.67 bits per heavy atom. The van der Waals surface area contributed by atoms with E-state index in [0.29, 0.717) is 12.4 Å². The van der Waals surface area contributed by atoms with Crippen molar-refractivity contribution in [3.05, 3.63) is 41.6 Å². The Morgan fingerprint density at radius 2 is 2.07 bits per heavy atom. The molecular formula is C11H13ClN2O. The molecule has 0 aliphatic rings. The fourth-order valence-electron chi connectivity index (χ4n) is 1.06. The van der Waals surface area contributed by atoms with Crippen LogP contribution in [0.3, 0.4) is 0 Å². The van der Waals surface area contributed by atoms with Crippen molar-refractivity contribution in [1.29, 1.82) is 0 Å². The summed E-state index contributed by atoms with van der Waals surface area (Å²) in [5, 5.41) is 2.59. The molecule has 4 heteroatoms. The van der Waals surface area contributed by atoms with E-state index in [-0.39, 0.29) is 11.6 Å². The maximum absolute atomic E-state index is 11.3. The topological polar surface area (TPSA) is 55.1 Å². The molecule has 0 unspecified atom stereocenters. The highest BCUT2D eigenvalue weighted by atomic mass is 35.5. The molecular weight excluding hydrogens is 212 g/mol. The summed E-state index contributed by atoms with van der Waals surface area (Å²) in [6.45, 7) is 0.420. The quantitative estimate of drug-likeness (QED) is 0.599. The van der Waals surface area contributed by atoms with Gasteiger partial charge in [-0.15, -0.1) is 11.6 Å². The second-order valence-corrected chi connectivity index (χ2v) is 3.33. The first kappa shape index (κ1) is 11.6. The predicted molar refractivity (Wildman–Crippen MR) is 62.3 cm³/mol. The van der Waals surface area contributed by atoms with Crippen molar-refractivity contribution in [2.75, 3.05) is 12.4 Å². The van der Waals surface area contributed by atoms with Gasteiger partial charge in [-0.3, -0.25) is 4.79 Å². The molecule has 1 aromatic carbocycles. The van der Waals surface area contributed by atoms with Gasteiger partial charge in [0, 0.05) is 12.4 Å². The van der Waals surface area contributed by atoms with Gasteiger partial charge >= 0.3 is 0 Å². The summed E-state index contributed by atoms with van der Waals surface area (Å²) in [6.07, 6.45) is 1.63. The third kappa shape index (κ3) is 4.04. The summed E-state index contributed by atoms with van der Waals surface area (Å²) in [5.74, 6) is 0.0872. The van der Waals surface area contributed by atoms with Crippen LogP contribution in [0.25, 0.3) is 6.08 Å². The molecule has 0 spiro atoms. The lowest BCUT2D eigenvalue weighted by Crippen LogP contribution is -2.29. The van der Waals surface area contributed by atoms with Crippen LogP contribution in [0.4, 0.5) is 0 Å². The Kier molecular flexibility index (Phi) is 4.71. The first-order chi connectivity index (χ1) is 7.24. The zero-order valence-electron chi connectivity index (χ0n) is 8.24. The number of nitrogens with two attached hydrogens (primary N) is 1. The normalized spacial score (nSPS) is 11.1. The maximum atomic E-state index is 11.3. The van der Waals surface area contributed by atoms with Gasteiger partial charge in [0.2, 0.25) is 0 Å². The molecule has 1 rings (SSSR count). The van der Waals surface area contributed by atoms with Crippen LogP contribution in [-0.4, -0.2) is 18.3 Å². The van der Waals surface area contributed by atoms with Crippen LogP contribution < -0.4 is 11.1 Å². The van der Waals surface area contributed by atoms with E-state index in [2.05, 4.69) is 5.32 Å². The van der Waals surface area contributed by atoms with Crippen LogP contribution in [0.1, 0.15) is 5.56 Å². The fourth-order valence-corrected chi connectivity index (χ4v) is 1.15. The number of carbonyl (C=O) groups excluding carboxylic acids is 1. The third-order valence-electron chi connectivity index (χ3n) is 1.76. The summed E-state index contributed by atoms with van der Waals surface area (Å²) in [7, 11) is 0. The Balaban J connectivity index is 2.63. The van der Waals surface area contributed by atoms with Gasteiger partial charge in [-0.2, -0.15) is 0 Å². The Bertz CT molecular complexity index is 349. The summed E-state index contributed by atoms with van der Waals surface area (Å²) in [4.78, 5) is 11.3. The maximum Gasteiger partial charge on any atom is 0.267 e. The number of nitrogens with one attached hydrogen (secondary N) is 1. The van der Waals surface area contributed by atoms with E-state index in [1.807, 2.05) is 30.3 Å². The van der Waals surface area contributed by atoms with E-state index in [1.54, 1.807) is 6.08 Å². The first-order valence-electron chi connectivity index (χ1n) is 4.60. The lowest BCUT2D eigenvalue weighted by atomic mass is 10.2. The minimum atomic E-state index is -0.292. The average molecular weight is 225 g/mol. The van der Waals surface area contributed by atoms with Crippen molar-refractivity contribution in [1.82, 2.24) is 5.32 Å². The summed E-state index contributed by atoms with van der Waals surface area (Å²) >= 11 is 5.44. The lowest BCUT2D eigenvalue weighted by Gasteiger charge is -2.02. The number of benzene rings is 1. The summed E-state index contributed by atoms with van der Waals surface area (Å²) in [6, 6.07) is 9.43. The largest absolute Gasteiger partial charge is 0.394 e. The van der Waals surface area contributed by atoms with Crippen molar-refractivity contribution in [3.63, 3.8) is 0 Å². The molecule has 1 aromatic rings. The van der Waals surface area contributed by atoms with Crippen LogP contribution in [0, 0.1) is 0 Å². The first-order valence-corrected chi connectivity index (χ1v) is 5.14. The molecule has 0 heterocycles. The molecule has 15 heavy (non-hydrogen) atoms. The van der Waals surface area contributed by atoms with Gasteiger partial charge in [0.25, 0.3) is 5.91 Å². The van der Waals surface area contributed by atoms with Gasteiger partial charge in [-0.05, 0) is 11.6 Å². The van der Waals surface area contributed by atoms with Gasteiger partial charge in [0.15, 0.2) is 0 Å². The number of halogens is 1. The summed E-state index contributed by atoms with van der Waals surface area (Å²) < 4.78 is 0. The second-order valence-electron chi connectivity index (χ2n) is 2.96. The molecule has 3 N–H and O–H groups in total. The SMILES string of the molecule is NC(=Cc1ccccc1)C(=O)NCCCl. The minimum absolute atomic E-state index is 0.186. The number of alkyl halides is 1. The van der Waals surface area contributed by atoms with Gasteiger partial charge < -0.3 is 11.1 Å². The molecule has 0 fully saturated rings. The highest BCUT2D eigenvalue weighted by molar-refractivity contribution is 6.18. The van der Waals surface area contributed by atoms with Crippen LogP contribution in [0.15, 0.2) is 36.0 Å². The minimum Gasteiger partial charge on any atom is -0.394 e. The molecule has 80 valence electrons. The Morgan fingerprint density at radius 1 is 1.40 bits per heavy atom. The molecule has 3 nitrogen and oxygen atoms in total. The predicted octanol–water partition coefficient (Wildman–Crippen LogP) is 1.34. The average Bonchev–Trinajstić information content (AvgIpc) is 2.27. The lowest BCUT2D eigenvalue weighted by molar-refractivity contribution is -0.117. The number of rotatable bonds is 4. The molecule has 0 saturated heterocycles. The number of hydrogen-bond acceptors (Lipinski definition) is 2. The standard InChI is InChI=1S/C11H13ClN2O/c12-6-7-14-11(15)10(13)8-9-4-2-1-3-5-9/h1-5,8H,6-7,13H2,(H,14,15). The monoisotopic (exact) mass is 224 g/mol. The van der Waals surface area contributed by atoms with E-state index in [0.717, 1.165) is 5.56 Å². The second kappa shape index (κ2) is 6.09. The van der Waals surface area contributed by atoms with E-state index in [4.69, 9.17) is 17.3 Å². The van der Waals surface area contributed by atoms with Crippen molar-refractivity contribution in [3.8, 4) is 0 Å². The molecule has 0 radical (unpaired) electrons. The number of amides is 1. The van der Waals surface area contributed by atoms with Crippen LogP contribution >= 0.6 is 11.6 Å². The van der Waals surface area contributed by atoms with Crippen LogP contribution in [0.5, 0.6) is 0 Å². The highest BCUT2D eigenvalue weighted by Gasteiger charge is 2.03. The molecule has 0 bridgehead atoms. The van der Waals surface area contributed by atoms with E-state index in [1.165, 1.54) is 0 Å². The van der Waals surface area contributed by atoms with Crippen LogP contribution in [0.2, 0.25) is 0 Å². The molecule has 0 aliphatic carbocycles. The van der Waals surface area contributed by atoms with Gasteiger partial charge in [-0.1, -0.05) is 30.3 Å². The smallest absolute Gasteiger partial charge is 0.267 e. The Hall–Kier alpha value is -1.48. The van der Waals surface area contributed by atoms with Crippen molar-refractivity contribution in [2.24, 2.45) is 5.73 Å². The number of hydrogen-bond donors (Lipinski definition) is 2. The summed E-state index contributed by atoms with van der Waals surface area (Å²) in [5.41, 5.74) is 6.68. The van der Waals surface area contributed by atoms with Crippen molar-refractivity contribution >= 4 is 23.6 Å². The van der Waals surface area contributed by atoms with E-state index in [9.17, 15) is 4.79 Å². The van der Waals surface area contributed by atoms with Crippen molar-refractivity contribution < 1.29 is 4.79 Å². The van der Waals surface area contributed by atoms with Crippen LogP contribution in [-0.2, 0) is 4.79 Å². The van der Waals surface area contributed by atoms with Gasteiger partial charge in [0.1, 0.15) is 0 Å². The molecule has 0 aromatic heterocycles. The molecule has 0 atom stereocenters. The molecule has 0 aliphatic heterocycles. The third-order valence-corrected chi connectivity index (χ3v) is 1.95. The van der Waals surface area contributed by atoms with Crippen molar-refractivity contribution in [2.45, 2.75) is 0 Å². The molecule has 1 amide bonds. The van der Waals surface area contributed by atoms with E-state index < -0.39 is 0 Å². The van der Waals surface area contributed by atoms with E-state index >= 15 is 0 Å².